The molecule has 2 aliphatic heterocycles. The third-order valence-electron chi connectivity index (χ3n) is 4.93. The normalized spacial score (nSPS) is 16.9. The maximum Gasteiger partial charge on any atom is 0.251 e. The number of benzene rings is 2. The summed E-state index contributed by atoms with van der Waals surface area (Å²) in [5.74, 6) is 1.42. The average Bonchev–Trinajstić information content (AvgIpc) is 3.13. The zero-order valence-corrected chi connectivity index (χ0v) is 15.2. The van der Waals surface area contributed by atoms with Gasteiger partial charge in [-0.15, -0.1) is 0 Å². The van der Waals surface area contributed by atoms with Crippen LogP contribution in [0.15, 0.2) is 42.5 Å². The Labute approximate surface area is 158 Å². The van der Waals surface area contributed by atoms with Crippen LogP contribution in [-0.2, 0) is 4.79 Å². The fraction of sp³-hybridized carbons (Fsp3) is 0.333. The van der Waals surface area contributed by atoms with Gasteiger partial charge in [-0.25, -0.2) is 0 Å². The molecule has 1 saturated heterocycles. The smallest absolute Gasteiger partial charge is 0.251 e. The quantitative estimate of drug-likeness (QED) is 0.903. The van der Waals surface area contributed by atoms with Crippen molar-refractivity contribution in [3.63, 3.8) is 0 Å². The topological polar surface area (TPSA) is 67.9 Å². The van der Waals surface area contributed by atoms with E-state index in [0.717, 1.165) is 30.0 Å². The summed E-state index contributed by atoms with van der Waals surface area (Å²) >= 11 is 0. The highest BCUT2D eigenvalue weighted by molar-refractivity contribution is 5.97. The van der Waals surface area contributed by atoms with E-state index in [1.165, 1.54) is 0 Å². The lowest BCUT2D eigenvalue weighted by molar-refractivity contribution is -0.117. The van der Waals surface area contributed by atoms with Gasteiger partial charge < -0.3 is 19.7 Å². The molecule has 0 radical (unpaired) electrons. The Morgan fingerprint density at radius 1 is 1.07 bits per heavy atom. The molecule has 1 fully saturated rings. The van der Waals surface area contributed by atoms with Crippen LogP contribution < -0.4 is 19.7 Å². The lowest BCUT2D eigenvalue weighted by Crippen LogP contribution is -2.27. The molecular formula is C21H22N2O4. The highest BCUT2D eigenvalue weighted by atomic mass is 16.6. The molecule has 2 heterocycles. The van der Waals surface area contributed by atoms with Crippen molar-refractivity contribution >= 4 is 17.5 Å². The van der Waals surface area contributed by atoms with Gasteiger partial charge in [-0.3, -0.25) is 9.59 Å². The zero-order chi connectivity index (χ0) is 18.8. The summed E-state index contributed by atoms with van der Waals surface area (Å²) < 4.78 is 11.1. The number of rotatable bonds is 4. The van der Waals surface area contributed by atoms with E-state index in [-0.39, 0.29) is 17.9 Å². The summed E-state index contributed by atoms with van der Waals surface area (Å²) in [5, 5.41) is 3.00. The first-order chi connectivity index (χ1) is 13.1. The molecule has 2 aromatic carbocycles. The number of anilines is 1. The van der Waals surface area contributed by atoms with Crippen LogP contribution in [0.5, 0.6) is 11.5 Å². The van der Waals surface area contributed by atoms with Gasteiger partial charge in [0.1, 0.15) is 13.2 Å². The number of carbonyl (C=O) groups is 2. The van der Waals surface area contributed by atoms with Crippen LogP contribution in [0, 0.1) is 0 Å². The number of nitrogens with one attached hydrogen (secondary N) is 1. The fourth-order valence-corrected chi connectivity index (χ4v) is 3.41. The van der Waals surface area contributed by atoms with Gasteiger partial charge in [0.2, 0.25) is 5.91 Å². The van der Waals surface area contributed by atoms with Gasteiger partial charge in [-0.05, 0) is 55.3 Å². The predicted molar refractivity (Wildman–Crippen MR) is 101 cm³/mol. The molecule has 140 valence electrons. The zero-order valence-electron chi connectivity index (χ0n) is 15.2. The Morgan fingerprint density at radius 2 is 1.81 bits per heavy atom. The van der Waals surface area contributed by atoms with E-state index in [0.29, 0.717) is 30.9 Å². The first-order valence-electron chi connectivity index (χ1n) is 9.22. The van der Waals surface area contributed by atoms with E-state index in [2.05, 4.69) is 5.32 Å². The second-order valence-corrected chi connectivity index (χ2v) is 6.79. The van der Waals surface area contributed by atoms with Gasteiger partial charge >= 0.3 is 0 Å². The minimum absolute atomic E-state index is 0.138. The van der Waals surface area contributed by atoms with Crippen molar-refractivity contribution in [2.75, 3.05) is 24.7 Å². The second kappa shape index (κ2) is 7.31. The first kappa shape index (κ1) is 17.4. The van der Waals surface area contributed by atoms with Crippen LogP contribution in [0.2, 0.25) is 0 Å². The minimum Gasteiger partial charge on any atom is -0.486 e. The standard InChI is InChI=1S/C21H22N2O4/c1-14(16-6-9-18-19(13-16)27-12-11-26-18)22-21(25)15-4-7-17(8-5-15)23-10-2-3-20(23)24/h4-9,13-14H,2-3,10-12H2,1H3,(H,22,25)/t14-/m1/s1. The molecule has 27 heavy (non-hydrogen) atoms. The molecule has 0 saturated carbocycles. The van der Waals surface area contributed by atoms with Gasteiger partial charge in [0, 0.05) is 24.2 Å². The lowest BCUT2D eigenvalue weighted by atomic mass is 10.1. The van der Waals surface area contributed by atoms with Crippen molar-refractivity contribution in [3.05, 3.63) is 53.6 Å². The third kappa shape index (κ3) is 3.60. The van der Waals surface area contributed by atoms with E-state index < -0.39 is 0 Å². The van der Waals surface area contributed by atoms with Gasteiger partial charge in [0.25, 0.3) is 5.91 Å². The van der Waals surface area contributed by atoms with Gasteiger partial charge in [-0.2, -0.15) is 0 Å². The SMILES string of the molecule is C[C@@H](NC(=O)c1ccc(N2CCCC2=O)cc1)c1ccc2c(c1)OCCO2. The Bertz CT molecular complexity index is 863. The van der Waals surface area contributed by atoms with Crippen molar-refractivity contribution in [1.82, 2.24) is 5.32 Å². The third-order valence-corrected chi connectivity index (χ3v) is 4.93. The van der Waals surface area contributed by atoms with Crippen molar-refractivity contribution in [3.8, 4) is 11.5 Å². The number of fused-ring (bicyclic) bond motifs is 1. The maximum absolute atomic E-state index is 12.6. The predicted octanol–water partition coefficient (Wildman–Crippen LogP) is 3.08. The molecule has 2 amide bonds. The summed E-state index contributed by atoms with van der Waals surface area (Å²) in [7, 11) is 0. The fourth-order valence-electron chi connectivity index (χ4n) is 3.41. The molecule has 1 atom stereocenters. The number of carbonyl (C=O) groups excluding carboxylic acids is 2. The van der Waals surface area contributed by atoms with Crippen molar-refractivity contribution in [2.45, 2.75) is 25.8 Å². The Hall–Kier alpha value is -3.02. The maximum atomic E-state index is 12.6. The highest BCUT2D eigenvalue weighted by Crippen LogP contribution is 2.32. The molecule has 0 bridgehead atoms. The first-order valence-corrected chi connectivity index (χ1v) is 9.22. The lowest BCUT2D eigenvalue weighted by Gasteiger charge is -2.21. The molecule has 0 aromatic heterocycles. The number of amides is 2. The number of hydrogen-bond donors (Lipinski definition) is 1. The monoisotopic (exact) mass is 366 g/mol. The van der Waals surface area contributed by atoms with Gasteiger partial charge in [0.15, 0.2) is 11.5 Å². The average molecular weight is 366 g/mol. The van der Waals surface area contributed by atoms with Crippen molar-refractivity contribution in [2.24, 2.45) is 0 Å². The van der Waals surface area contributed by atoms with E-state index in [1.54, 1.807) is 17.0 Å². The summed E-state index contributed by atoms with van der Waals surface area (Å²) in [5.41, 5.74) is 2.36. The molecule has 0 spiro atoms. The van der Waals surface area contributed by atoms with Crippen molar-refractivity contribution < 1.29 is 19.1 Å². The van der Waals surface area contributed by atoms with Crippen LogP contribution >= 0.6 is 0 Å². The molecular weight excluding hydrogens is 344 g/mol. The molecule has 2 aromatic rings. The Balaban J connectivity index is 1.43. The Kier molecular flexibility index (Phi) is 4.71. The number of hydrogen-bond acceptors (Lipinski definition) is 4. The molecule has 6 nitrogen and oxygen atoms in total. The van der Waals surface area contributed by atoms with Crippen molar-refractivity contribution in [1.29, 1.82) is 0 Å². The van der Waals surface area contributed by atoms with Crippen LogP contribution in [0.25, 0.3) is 0 Å². The summed E-state index contributed by atoms with van der Waals surface area (Å²) in [6, 6.07) is 12.7. The van der Waals surface area contributed by atoms with Crippen LogP contribution in [0.4, 0.5) is 5.69 Å². The molecule has 0 aliphatic carbocycles. The molecule has 1 N–H and O–H groups in total. The van der Waals surface area contributed by atoms with Crippen LogP contribution in [-0.4, -0.2) is 31.6 Å². The Morgan fingerprint density at radius 3 is 2.52 bits per heavy atom. The molecule has 0 unspecified atom stereocenters. The summed E-state index contributed by atoms with van der Waals surface area (Å²) in [6.45, 7) is 3.76. The molecule has 4 rings (SSSR count). The van der Waals surface area contributed by atoms with Crippen LogP contribution in [0.1, 0.15) is 41.7 Å². The van der Waals surface area contributed by atoms with E-state index in [1.807, 2.05) is 37.3 Å². The largest absolute Gasteiger partial charge is 0.486 e. The van der Waals surface area contributed by atoms with Gasteiger partial charge in [-0.1, -0.05) is 6.07 Å². The molecule has 2 aliphatic rings. The second-order valence-electron chi connectivity index (χ2n) is 6.79. The van der Waals surface area contributed by atoms with Gasteiger partial charge in [0.05, 0.1) is 6.04 Å². The highest BCUT2D eigenvalue weighted by Gasteiger charge is 2.22. The summed E-state index contributed by atoms with van der Waals surface area (Å²) in [4.78, 5) is 26.2. The number of ether oxygens (including phenoxy) is 2. The van der Waals surface area contributed by atoms with E-state index in [4.69, 9.17) is 9.47 Å². The van der Waals surface area contributed by atoms with Crippen LogP contribution in [0.3, 0.4) is 0 Å². The van der Waals surface area contributed by atoms with E-state index >= 15 is 0 Å². The minimum atomic E-state index is -0.173. The number of nitrogens with zero attached hydrogens (tertiary/aromatic N) is 1. The molecule has 6 heteroatoms. The van der Waals surface area contributed by atoms with E-state index in [9.17, 15) is 9.59 Å². The summed E-state index contributed by atoms with van der Waals surface area (Å²) in [6.07, 6.45) is 1.48.